The summed E-state index contributed by atoms with van der Waals surface area (Å²) in [5.41, 5.74) is -3.46. The lowest BCUT2D eigenvalue weighted by atomic mass is 10.2. The summed E-state index contributed by atoms with van der Waals surface area (Å²) >= 11 is -0.157. The van der Waals surface area contributed by atoms with E-state index < -0.39 is 15.5 Å². The van der Waals surface area contributed by atoms with Gasteiger partial charge in [-0.25, -0.2) is 13.6 Å². The lowest BCUT2D eigenvalue weighted by Crippen LogP contribution is -2.22. The summed E-state index contributed by atoms with van der Waals surface area (Å²) in [7, 11) is -3.44. The van der Waals surface area contributed by atoms with Crippen molar-refractivity contribution in [2.45, 2.75) is 23.4 Å². The van der Waals surface area contributed by atoms with Crippen LogP contribution in [0.3, 0.4) is 0 Å². The van der Waals surface area contributed by atoms with E-state index in [-0.39, 0.29) is 22.4 Å². The summed E-state index contributed by atoms with van der Waals surface area (Å²) in [4.78, 5) is 0.135. The van der Waals surface area contributed by atoms with Gasteiger partial charge < -0.3 is 5.32 Å². The first-order valence-electron chi connectivity index (χ1n) is 5.71. The third-order valence-corrected chi connectivity index (χ3v) is 3.87. The molecule has 0 fully saturated rings. The van der Waals surface area contributed by atoms with E-state index in [0.717, 1.165) is 5.56 Å². The monoisotopic (exact) mass is 328 g/mol. The summed E-state index contributed by atoms with van der Waals surface area (Å²) in [5, 5.41) is 7.84. The summed E-state index contributed by atoms with van der Waals surface area (Å²) in [6.45, 7) is 0.928. The van der Waals surface area contributed by atoms with Crippen molar-refractivity contribution in [2.75, 3.05) is 12.3 Å². The van der Waals surface area contributed by atoms with Crippen LogP contribution in [0.4, 0.5) is 13.2 Å². The molecule has 0 aromatic heterocycles. The second kappa shape index (κ2) is 7.30. The normalized spacial score (nSPS) is 12.6. The number of nitrogens with one attached hydrogen (secondary N) is 1. The third-order valence-electron chi connectivity index (χ3n) is 2.27. The molecule has 0 saturated carbocycles. The van der Waals surface area contributed by atoms with E-state index in [0.29, 0.717) is 19.5 Å². The highest BCUT2D eigenvalue weighted by atomic mass is 32.2. The van der Waals surface area contributed by atoms with Crippen molar-refractivity contribution in [3.05, 3.63) is 29.8 Å². The van der Waals surface area contributed by atoms with Gasteiger partial charge in [-0.2, -0.15) is 13.2 Å². The van der Waals surface area contributed by atoms with Gasteiger partial charge in [-0.05, 0) is 42.4 Å². The van der Waals surface area contributed by atoms with Crippen LogP contribution < -0.4 is 10.5 Å². The SMILES string of the molecule is NS(=O)(=O)CCCNCc1ccc(SC(F)(F)F)cc1. The smallest absolute Gasteiger partial charge is 0.313 e. The molecule has 0 unspecified atom stereocenters. The van der Waals surface area contributed by atoms with Crippen molar-refractivity contribution in [3.8, 4) is 0 Å². The van der Waals surface area contributed by atoms with Gasteiger partial charge in [-0.1, -0.05) is 12.1 Å². The van der Waals surface area contributed by atoms with E-state index >= 15 is 0 Å². The quantitative estimate of drug-likeness (QED) is 0.594. The minimum absolute atomic E-state index is 0.0961. The van der Waals surface area contributed by atoms with Gasteiger partial charge in [0.2, 0.25) is 10.0 Å². The lowest BCUT2D eigenvalue weighted by molar-refractivity contribution is -0.0328. The second-order valence-electron chi connectivity index (χ2n) is 4.09. The van der Waals surface area contributed by atoms with Gasteiger partial charge in [0.15, 0.2) is 0 Å². The first kappa shape index (κ1) is 17.3. The maximum Gasteiger partial charge on any atom is 0.446 e. The largest absolute Gasteiger partial charge is 0.446 e. The van der Waals surface area contributed by atoms with Crippen LogP contribution in [0.5, 0.6) is 0 Å². The van der Waals surface area contributed by atoms with Gasteiger partial charge in [-0.15, -0.1) is 0 Å². The molecule has 0 aliphatic carbocycles. The number of rotatable bonds is 7. The van der Waals surface area contributed by atoms with Crippen molar-refractivity contribution in [1.82, 2.24) is 5.32 Å². The molecule has 0 amide bonds. The minimum atomic E-state index is -4.28. The minimum Gasteiger partial charge on any atom is -0.313 e. The van der Waals surface area contributed by atoms with Crippen LogP contribution >= 0.6 is 11.8 Å². The molecule has 114 valence electrons. The molecule has 0 heterocycles. The molecule has 4 nitrogen and oxygen atoms in total. The average Bonchev–Trinajstić information content (AvgIpc) is 2.27. The van der Waals surface area contributed by atoms with Gasteiger partial charge in [0.25, 0.3) is 0 Å². The Hall–Kier alpha value is -0.770. The Bertz CT molecular complexity index is 515. The van der Waals surface area contributed by atoms with Crippen LogP contribution in [0.25, 0.3) is 0 Å². The fourth-order valence-electron chi connectivity index (χ4n) is 1.44. The standard InChI is InChI=1S/C11H15F3N2O2S2/c12-11(13,14)19-10-4-2-9(3-5-10)8-16-6-1-7-20(15,17)18/h2-5,16H,1,6-8H2,(H2,15,17,18). The Kier molecular flexibility index (Phi) is 6.31. The van der Waals surface area contributed by atoms with Crippen LogP contribution in [0, 0.1) is 0 Å². The Morgan fingerprint density at radius 1 is 1.20 bits per heavy atom. The van der Waals surface area contributed by atoms with Crippen LogP contribution in [0.1, 0.15) is 12.0 Å². The third kappa shape index (κ3) is 8.41. The molecule has 0 aliphatic rings. The maximum absolute atomic E-state index is 12.1. The van der Waals surface area contributed by atoms with Gasteiger partial charge in [0.05, 0.1) is 5.75 Å². The van der Waals surface area contributed by atoms with Crippen LogP contribution in [-0.4, -0.2) is 26.2 Å². The predicted molar refractivity (Wildman–Crippen MR) is 72.7 cm³/mol. The molecule has 0 bridgehead atoms. The molecule has 3 N–H and O–H groups in total. The van der Waals surface area contributed by atoms with Gasteiger partial charge in [-0.3, -0.25) is 0 Å². The van der Waals surface area contributed by atoms with Crippen molar-refractivity contribution in [1.29, 1.82) is 0 Å². The van der Waals surface area contributed by atoms with Crippen molar-refractivity contribution >= 4 is 21.8 Å². The molecule has 0 spiro atoms. The zero-order valence-corrected chi connectivity index (χ0v) is 12.1. The molecule has 0 aliphatic heterocycles. The topological polar surface area (TPSA) is 72.2 Å². The molecule has 1 rings (SSSR count). The molecule has 1 aromatic carbocycles. The van der Waals surface area contributed by atoms with Crippen LogP contribution in [0.2, 0.25) is 0 Å². The van der Waals surface area contributed by atoms with Crippen molar-refractivity contribution < 1.29 is 21.6 Å². The zero-order valence-electron chi connectivity index (χ0n) is 10.5. The number of hydrogen-bond donors (Lipinski definition) is 2. The van der Waals surface area contributed by atoms with E-state index in [4.69, 9.17) is 5.14 Å². The molecule has 9 heteroatoms. The van der Waals surface area contributed by atoms with Crippen LogP contribution in [-0.2, 0) is 16.6 Å². The number of benzene rings is 1. The molecule has 20 heavy (non-hydrogen) atoms. The lowest BCUT2D eigenvalue weighted by Gasteiger charge is -2.07. The fraction of sp³-hybridized carbons (Fsp3) is 0.455. The number of primary sulfonamides is 1. The average molecular weight is 328 g/mol. The first-order chi connectivity index (χ1) is 9.16. The highest BCUT2D eigenvalue weighted by Crippen LogP contribution is 2.36. The summed E-state index contributed by atoms with van der Waals surface area (Å²) in [5.74, 6) is -0.0961. The van der Waals surface area contributed by atoms with Crippen molar-refractivity contribution in [2.24, 2.45) is 5.14 Å². The Morgan fingerprint density at radius 3 is 2.30 bits per heavy atom. The number of hydrogen-bond acceptors (Lipinski definition) is 4. The van der Waals surface area contributed by atoms with Crippen molar-refractivity contribution in [3.63, 3.8) is 0 Å². The highest BCUT2D eigenvalue weighted by Gasteiger charge is 2.28. The number of sulfonamides is 1. The van der Waals surface area contributed by atoms with E-state index in [2.05, 4.69) is 5.32 Å². The van der Waals surface area contributed by atoms with E-state index in [1.165, 1.54) is 12.1 Å². The molecule has 0 atom stereocenters. The number of alkyl halides is 3. The fourth-order valence-corrected chi connectivity index (χ4v) is 2.53. The molecule has 0 saturated heterocycles. The van der Waals surface area contributed by atoms with Gasteiger partial charge in [0.1, 0.15) is 0 Å². The van der Waals surface area contributed by atoms with E-state index in [1.54, 1.807) is 12.1 Å². The zero-order chi connectivity index (χ0) is 15.2. The molecular weight excluding hydrogens is 313 g/mol. The first-order valence-corrected chi connectivity index (χ1v) is 8.25. The summed E-state index contributed by atoms with van der Waals surface area (Å²) in [6, 6.07) is 6.00. The Morgan fingerprint density at radius 2 is 1.80 bits per heavy atom. The maximum atomic E-state index is 12.1. The molecule has 0 radical (unpaired) electrons. The van der Waals surface area contributed by atoms with Gasteiger partial charge >= 0.3 is 5.51 Å². The summed E-state index contributed by atoms with van der Waals surface area (Å²) in [6.07, 6.45) is 0.390. The number of thioether (sulfide) groups is 1. The predicted octanol–water partition coefficient (Wildman–Crippen LogP) is 2.07. The van der Waals surface area contributed by atoms with Gasteiger partial charge in [0, 0.05) is 11.4 Å². The molecule has 1 aromatic rings. The van der Waals surface area contributed by atoms with E-state index in [1.807, 2.05) is 0 Å². The number of halogens is 3. The van der Waals surface area contributed by atoms with Crippen LogP contribution in [0.15, 0.2) is 29.2 Å². The van der Waals surface area contributed by atoms with E-state index in [9.17, 15) is 21.6 Å². The second-order valence-corrected chi connectivity index (χ2v) is 6.96. The highest BCUT2D eigenvalue weighted by molar-refractivity contribution is 8.00. The summed E-state index contributed by atoms with van der Waals surface area (Å²) < 4.78 is 57.7. The number of nitrogens with two attached hydrogens (primary N) is 1. The Balaban J connectivity index is 2.32. The molecular formula is C11H15F3N2O2S2. The Labute approximate surface area is 120 Å².